The van der Waals surface area contributed by atoms with Crippen LogP contribution in [-0.2, 0) is 9.59 Å². The molecule has 3 rings (SSSR count). The van der Waals surface area contributed by atoms with Gasteiger partial charge in [-0.25, -0.2) is 5.43 Å². The second-order valence-electron chi connectivity index (χ2n) is 6.83. The molecule has 0 heterocycles. The summed E-state index contributed by atoms with van der Waals surface area (Å²) >= 11 is 0. The fraction of sp³-hybridized carbons (Fsp3) is 0.125. The zero-order chi connectivity index (χ0) is 21.3. The molecule has 0 aliphatic carbocycles. The largest absolute Gasteiger partial charge is 0.507 e. The molecular formula is C24H23N3O3. The van der Waals surface area contributed by atoms with Crippen molar-refractivity contribution < 1.29 is 14.7 Å². The van der Waals surface area contributed by atoms with Crippen LogP contribution >= 0.6 is 0 Å². The first-order chi connectivity index (χ1) is 14.5. The van der Waals surface area contributed by atoms with Gasteiger partial charge in [0, 0.05) is 5.56 Å². The van der Waals surface area contributed by atoms with Gasteiger partial charge in [-0.2, -0.15) is 5.10 Å². The van der Waals surface area contributed by atoms with E-state index in [4.69, 9.17) is 0 Å². The Balaban J connectivity index is 1.62. The number of aryl methyl sites for hydroxylation is 1. The van der Waals surface area contributed by atoms with E-state index >= 15 is 0 Å². The number of hydrogen-bond donors (Lipinski definition) is 3. The SMILES string of the molecule is Cc1ccc(O)c(/C=N/NC(=O)CNC(=O)C(c2ccccc2)c2ccccc2)c1. The molecule has 0 aliphatic heterocycles. The molecule has 30 heavy (non-hydrogen) atoms. The van der Waals surface area contributed by atoms with Crippen LogP contribution in [0.1, 0.15) is 28.2 Å². The number of carbonyl (C=O) groups is 2. The Labute approximate surface area is 175 Å². The third-order valence-electron chi connectivity index (χ3n) is 4.53. The van der Waals surface area contributed by atoms with E-state index in [1.165, 1.54) is 6.21 Å². The Bertz CT molecular complexity index is 995. The maximum absolute atomic E-state index is 12.9. The highest BCUT2D eigenvalue weighted by molar-refractivity contribution is 5.91. The lowest BCUT2D eigenvalue weighted by molar-refractivity contribution is -0.126. The summed E-state index contributed by atoms with van der Waals surface area (Å²) in [6, 6.07) is 23.9. The lowest BCUT2D eigenvalue weighted by atomic mass is 9.90. The van der Waals surface area contributed by atoms with Crippen molar-refractivity contribution in [3.05, 3.63) is 101 Å². The predicted molar refractivity (Wildman–Crippen MR) is 116 cm³/mol. The first-order valence-electron chi connectivity index (χ1n) is 9.53. The number of nitrogens with zero attached hydrogens (tertiary/aromatic N) is 1. The average molecular weight is 401 g/mol. The van der Waals surface area contributed by atoms with Crippen LogP contribution in [0.25, 0.3) is 0 Å². The molecule has 3 aromatic rings. The lowest BCUT2D eigenvalue weighted by Gasteiger charge is -2.17. The topological polar surface area (TPSA) is 90.8 Å². The highest BCUT2D eigenvalue weighted by Crippen LogP contribution is 2.24. The summed E-state index contributed by atoms with van der Waals surface area (Å²) in [7, 11) is 0. The van der Waals surface area contributed by atoms with E-state index in [-0.39, 0.29) is 18.2 Å². The average Bonchev–Trinajstić information content (AvgIpc) is 2.76. The smallest absolute Gasteiger partial charge is 0.259 e. The molecule has 3 aromatic carbocycles. The Hall–Kier alpha value is -3.93. The van der Waals surface area contributed by atoms with Gasteiger partial charge in [-0.1, -0.05) is 72.3 Å². The number of nitrogens with one attached hydrogen (secondary N) is 2. The monoisotopic (exact) mass is 401 g/mol. The van der Waals surface area contributed by atoms with E-state index < -0.39 is 11.8 Å². The minimum atomic E-state index is -0.520. The van der Waals surface area contributed by atoms with Crippen molar-refractivity contribution in [2.45, 2.75) is 12.8 Å². The first kappa shape index (κ1) is 20.8. The fourth-order valence-electron chi connectivity index (χ4n) is 3.05. The van der Waals surface area contributed by atoms with Crippen molar-refractivity contribution in [2.75, 3.05) is 6.54 Å². The Morgan fingerprint density at radius 2 is 1.57 bits per heavy atom. The van der Waals surface area contributed by atoms with Crippen LogP contribution < -0.4 is 10.7 Å². The quantitative estimate of drug-likeness (QED) is 0.420. The number of benzene rings is 3. The van der Waals surface area contributed by atoms with Gasteiger partial charge < -0.3 is 10.4 Å². The van der Waals surface area contributed by atoms with Crippen molar-refractivity contribution >= 4 is 18.0 Å². The third kappa shape index (κ3) is 5.54. The number of phenolic OH excluding ortho intramolecular Hbond substituents is 1. The van der Waals surface area contributed by atoms with Crippen LogP contribution in [0.15, 0.2) is 84.0 Å². The van der Waals surface area contributed by atoms with Gasteiger partial charge in [0.25, 0.3) is 5.91 Å². The standard InChI is InChI=1S/C24H23N3O3/c1-17-12-13-21(28)20(14-17)15-26-27-22(29)16-25-24(30)23(18-8-4-2-5-9-18)19-10-6-3-7-11-19/h2-15,23,28H,16H2,1H3,(H,25,30)(H,27,29)/b26-15+. The summed E-state index contributed by atoms with van der Waals surface area (Å²) < 4.78 is 0. The number of hydrogen-bond acceptors (Lipinski definition) is 4. The Morgan fingerprint density at radius 1 is 0.967 bits per heavy atom. The number of carbonyl (C=O) groups excluding carboxylic acids is 2. The zero-order valence-electron chi connectivity index (χ0n) is 16.6. The maximum Gasteiger partial charge on any atom is 0.259 e. The zero-order valence-corrected chi connectivity index (χ0v) is 16.6. The molecule has 0 bridgehead atoms. The van der Waals surface area contributed by atoms with Gasteiger partial charge >= 0.3 is 0 Å². The normalized spacial score (nSPS) is 10.9. The van der Waals surface area contributed by atoms with E-state index in [0.29, 0.717) is 5.56 Å². The summed E-state index contributed by atoms with van der Waals surface area (Å²) in [5, 5.41) is 16.3. The van der Waals surface area contributed by atoms with Crippen molar-refractivity contribution in [1.82, 2.24) is 10.7 Å². The summed E-state index contributed by atoms with van der Waals surface area (Å²) in [4.78, 5) is 24.9. The molecule has 0 saturated carbocycles. The molecule has 152 valence electrons. The van der Waals surface area contributed by atoms with E-state index in [0.717, 1.165) is 16.7 Å². The number of amides is 2. The second-order valence-corrected chi connectivity index (χ2v) is 6.83. The summed E-state index contributed by atoms with van der Waals surface area (Å²) in [5.41, 5.74) is 5.49. The van der Waals surface area contributed by atoms with Crippen LogP contribution in [0.3, 0.4) is 0 Å². The fourth-order valence-corrected chi connectivity index (χ4v) is 3.05. The highest BCUT2D eigenvalue weighted by Gasteiger charge is 2.22. The summed E-state index contributed by atoms with van der Waals surface area (Å²) in [6.07, 6.45) is 1.36. The number of aromatic hydroxyl groups is 1. The van der Waals surface area contributed by atoms with Gasteiger partial charge in [0.2, 0.25) is 5.91 Å². The lowest BCUT2D eigenvalue weighted by Crippen LogP contribution is -2.37. The molecule has 0 radical (unpaired) electrons. The van der Waals surface area contributed by atoms with E-state index in [1.54, 1.807) is 18.2 Å². The molecule has 0 saturated heterocycles. The number of rotatable bonds is 7. The van der Waals surface area contributed by atoms with Gasteiger partial charge in [0.15, 0.2) is 0 Å². The molecular weight excluding hydrogens is 378 g/mol. The molecule has 6 heteroatoms. The number of hydrazone groups is 1. The third-order valence-corrected chi connectivity index (χ3v) is 4.53. The molecule has 0 aromatic heterocycles. The molecule has 0 aliphatic rings. The van der Waals surface area contributed by atoms with Gasteiger partial charge in [0.1, 0.15) is 5.75 Å². The maximum atomic E-state index is 12.9. The van der Waals surface area contributed by atoms with Crippen LogP contribution in [0.4, 0.5) is 0 Å². The van der Waals surface area contributed by atoms with Crippen molar-refractivity contribution in [2.24, 2.45) is 5.10 Å². The molecule has 0 fully saturated rings. The van der Waals surface area contributed by atoms with E-state index in [9.17, 15) is 14.7 Å². The molecule has 0 atom stereocenters. The number of phenols is 1. The minimum absolute atomic E-state index is 0.0699. The second kappa shape index (κ2) is 10.0. The summed E-state index contributed by atoms with van der Waals surface area (Å²) in [5.74, 6) is -1.19. The molecule has 2 amide bonds. The van der Waals surface area contributed by atoms with Gasteiger partial charge in [-0.05, 0) is 30.2 Å². The first-order valence-corrected chi connectivity index (χ1v) is 9.53. The minimum Gasteiger partial charge on any atom is -0.507 e. The van der Waals surface area contributed by atoms with E-state index in [2.05, 4.69) is 15.8 Å². The van der Waals surface area contributed by atoms with E-state index in [1.807, 2.05) is 67.6 Å². The molecule has 0 unspecified atom stereocenters. The van der Waals surface area contributed by atoms with Crippen molar-refractivity contribution in [3.63, 3.8) is 0 Å². The van der Waals surface area contributed by atoms with Crippen LogP contribution in [0, 0.1) is 6.92 Å². The van der Waals surface area contributed by atoms with Gasteiger partial charge in [-0.3, -0.25) is 9.59 Å². The Kier molecular flexibility index (Phi) is 6.95. The van der Waals surface area contributed by atoms with Gasteiger partial charge in [-0.15, -0.1) is 0 Å². The van der Waals surface area contributed by atoms with Crippen LogP contribution in [0.5, 0.6) is 5.75 Å². The van der Waals surface area contributed by atoms with Crippen molar-refractivity contribution in [1.29, 1.82) is 0 Å². The summed E-state index contributed by atoms with van der Waals surface area (Å²) in [6.45, 7) is 1.67. The molecule has 6 nitrogen and oxygen atoms in total. The molecule has 3 N–H and O–H groups in total. The van der Waals surface area contributed by atoms with Crippen LogP contribution in [0.2, 0.25) is 0 Å². The van der Waals surface area contributed by atoms with Crippen LogP contribution in [-0.4, -0.2) is 29.7 Å². The van der Waals surface area contributed by atoms with Crippen molar-refractivity contribution in [3.8, 4) is 5.75 Å². The molecule has 0 spiro atoms. The Morgan fingerprint density at radius 3 is 2.17 bits per heavy atom. The predicted octanol–water partition coefficient (Wildman–Crippen LogP) is 3.10. The highest BCUT2D eigenvalue weighted by atomic mass is 16.3. The van der Waals surface area contributed by atoms with Gasteiger partial charge in [0.05, 0.1) is 18.7 Å².